The minimum atomic E-state index is -0.954. The second-order valence-corrected chi connectivity index (χ2v) is 5.76. The zero-order chi connectivity index (χ0) is 13.0. The number of carbonyl (C=O) groups is 1. The molecule has 0 aliphatic carbocycles. The number of para-hydroxylation sites is 1. The number of anilines is 1. The van der Waals surface area contributed by atoms with E-state index in [1.54, 1.807) is 6.08 Å². The van der Waals surface area contributed by atoms with E-state index in [2.05, 4.69) is 4.90 Å². The van der Waals surface area contributed by atoms with Crippen molar-refractivity contribution in [3.8, 4) is 0 Å². The third kappa shape index (κ3) is 3.20. The zero-order valence-corrected chi connectivity index (χ0v) is 10.7. The molecule has 0 unspecified atom stereocenters. The van der Waals surface area contributed by atoms with E-state index >= 15 is 0 Å². The summed E-state index contributed by atoms with van der Waals surface area (Å²) in [5, 5.41) is 8.67. The Morgan fingerprint density at radius 2 is 1.94 bits per heavy atom. The molecule has 0 saturated carbocycles. The molecule has 1 aromatic rings. The Morgan fingerprint density at radius 1 is 1.28 bits per heavy atom. The van der Waals surface area contributed by atoms with Crippen molar-refractivity contribution in [3.63, 3.8) is 0 Å². The highest BCUT2D eigenvalue weighted by Crippen LogP contribution is 2.22. The van der Waals surface area contributed by atoms with Gasteiger partial charge in [-0.2, -0.15) is 0 Å². The molecule has 1 N–H and O–H groups in total. The summed E-state index contributed by atoms with van der Waals surface area (Å²) in [6, 6.07) is 7.67. The summed E-state index contributed by atoms with van der Waals surface area (Å²) >= 11 is 0. The van der Waals surface area contributed by atoms with Crippen molar-refractivity contribution in [2.24, 2.45) is 0 Å². The molecule has 0 atom stereocenters. The Kier molecular flexibility index (Phi) is 4.15. The molecule has 4 nitrogen and oxygen atoms in total. The third-order valence-corrected chi connectivity index (χ3v) is 4.14. The summed E-state index contributed by atoms with van der Waals surface area (Å²) in [4.78, 5) is 12.7. The van der Waals surface area contributed by atoms with Crippen LogP contribution < -0.4 is 4.90 Å². The fraction of sp³-hybridized carbons (Fsp3) is 0.308. The van der Waals surface area contributed by atoms with Crippen LogP contribution in [0.25, 0.3) is 6.08 Å². The van der Waals surface area contributed by atoms with E-state index in [9.17, 15) is 9.00 Å². The topological polar surface area (TPSA) is 57.6 Å². The van der Waals surface area contributed by atoms with Gasteiger partial charge in [-0.15, -0.1) is 0 Å². The van der Waals surface area contributed by atoms with E-state index in [0.717, 1.165) is 30.4 Å². The van der Waals surface area contributed by atoms with Gasteiger partial charge in [0.15, 0.2) is 0 Å². The summed E-state index contributed by atoms with van der Waals surface area (Å²) in [6.07, 6.45) is 2.74. The molecular formula is C13H15NO3S. The average Bonchev–Trinajstić information content (AvgIpc) is 2.38. The van der Waals surface area contributed by atoms with Crippen LogP contribution in [0.5, 0.6) is 0 Å². The van der Waals surface area contributed by atoms with Gasteiger partial charge in [0.05, 0.1) is 0 Å². The Morgan fingerprint density at radius 3 is 2.61 bits per heavy atom. The van der Waals surface area contributed by atoms with Crippen molar-refractivity contribution < 1.29 is 14.1 Å². The number of aliphatic carboxylic acids is 1. The van der Waals surface area contributed by atoms with Gasteiger partial charge in [0, 0.05) is 47.2 Å². The highest BCUT2D eigenvalue weighted by Gasteiger charge is 2.16. The van der Waals surface area contributed by atoms with Crippen LogP contribution in [0.2, 0.25) is 0 Å². The molecule has 0 amide bonds. The highest BCUT2D eigenvalue weighted by molar-refractivity contribution is 7.85. The van der Waals surface area contributed by atoms with Gasteiger partial charge in [-0.3, -0.25) is 4.21 Å². The lowest BCUT2D eigenvalue weighted by Gasteiger charge is -2.29. The predicted octanol–water partition coefficient (Wildman–Crippen LogP) is 1.35. The van der Waals surface area contributed by atoms with Crippen molar-refractivity contribution in [1.82, 2.24) is 0 Å². The van der Waals surface area contributed by atoms with Gasteiger partial charge in [0.25, 0.3) is 0 Å². The SMILES string of the molecule is O=C(O)C=Cc1ccccc1N1CCS(=O)CC1. The lowest BCUT2D eigenvalue weighted by atomic mass is 10.1. The second-order valence-electron chi connectivity index (χ2n) is 4.07. The molecule has 2 rings (SSSR count). The third-order valence-electron chi connectivity index (χ3n) is 2.86. The normalized spacial score (nSPS) is 17.2. The quantitative estimate of drug-likeness (QED) is 0.838. The monoisotopic (exact) mass is 265 g/mol. The number of carboxylic acid groups (broad SMARTS) is 1. The Labute approximate surface area is 108 Å². The molecule has 0 spiro atoms. The van der Waals surface area contributed by atoms with E-state index in [1.807, 2.05) is 24.3 Å². The standard InChI is InChI=1S/C13H15NO3S/c15-13(16)6-5-11-3-1-2-4-12(11)14-7-9-18(17)10-8-14/h1-6H,7-10H2,(H,15,16). The summed E-state index contributed by atoms with van der Waals surface area (Å²) in [5.41, 5.74) is 1.89. The maximum Gasteiger partial charge on any atom is 0.328 e. The minimum Gasteiger partial charge on any atom is -0.478 e. The lowest BCUT2D eigenvalue weighted by molar-refractivity contribution is -0.131. The molecule has 1 aromatic carbocycles. The first-order valence-electron chi connectivity index (χ1n) is 5.77. The summed E-state index contributed by atoms with van der Waals surface area (Å²) in [7, 11) is -0.706. The first-order valence-corrected chi connectivity index (χ1v) is 7.25. The van der Waals surface area contributed by atoms with E-state index in [0.29, 0.717) is 11.5 Å². The van der Waals surface area contributed by atoms with Crippen molar-refractivity contribution >= 4 is 28.5 Å². The van der Waals surface area contributed by atoms with E-state index < -0.39 is 16.8 Å². The van der Waals surface area contributed by atoms with Crippen LogP contribution in [0, 0.1) is 0 Å². The molecule has 0 radical (unpaired) electrons. The first kappa shape index (κ1) is 12.8. The molecule has 0 bridgehead atoms. The highest BCUT2D eigenvalue weighted by atomic mass is 32.2. The smallest absolute Gasteiger partial charge is 0.328 e. The Bertz CT molecular complexity index is 489. The summed E-state index contributed by atoms with van der Waals surface area (Å²) < 4.78 is 11.3. The minimum absolute atomic E-state index is 0.678. The van der Waals surface area contributed by atoms with Crippen molar-refractivity contribution in [1.29, 1.82) is 0 Å². The molecule has 1 fully saturated rings. The van der Waals surface area contributed by atoms with Gasteiger partial charge in [0.1, 0.15) is 0 Å². The van der Waals surface area contributed by atoms with E-state index in [4.69, 9.17) is 5.11 Å². The number of hydrogen-bond donors (Lipinski definition) is 1. The van der Waals surface area contributed by atoms with E-state index in [-0.39, 0.29) is 0 Å². The first-order chi connectivity index (χ1) is 8.66. The van der Waals surface area contributed by atoms with Gasteiger partial charge in [-0.05, 0) is 17.7 Å². The zero-order valence-electron chi connectivity index (χ0n) is 9.91. The predicted molar refractivity (Wildman–Crippen MR) is 73.2 cm³/mol. The summed E-state index contributed by atoms with van der Waals surface area (Å²) in [6.45, 7) is 1.51. The van der Waals surface area contributed by atoms with Gasteiger partial charge in [-0.25, -0.2) is 4.79 Å². The van der Waals surface area contributed by atoms with E-state index in [1.165, 1.54) is 0 Å². The second kappa shape index (κ2) is 5.82. The lowest BCUT2D eigenvalue weighted by Crippen LogP contribution is -2.38. The Balaban J connectivity index is 2.21. The van der Waals surface area contributed by atoms with Crippen LogP contribution in [0.3, 0.4) is 0 Å². The van der Waals surface area contributed by atoms with Crippen LogP contribution in [0.4, 0.5) is 5.69 Å². The van der Waals surface area contributed by atoms with Gasteiger partial charge in [0.2, 0.25) is 0 Å². The molecule has 1 aliphatic heterocycles. The van der Waals surface area contributed by atoms with Crippen LogP contribution >= 0.6 is 0 Å². The molecule has 96 valence electrons. The molecule has 1 saturated heterocycles. The number of benzene rings is 1. The van der Waals surface area contributed by atoms with Crippen LogP contribution in [0.1, 0.15) is 5.56 Å². The van der Waals surface area contributed by atoms with Gasteiger partial charge < -0.3 is 10.0 Å². The fourth-order valence-electron chi connectivity index (χ4n) is 1.96. The number of carboxylic acids is 1. The fourth-order valence-corrected chi connectivity index (χ4v) is 3.01. The molecule has 18 heavy (non-hydrogen) atoms. The maximum absolute atomic E-state index is 11.3. The van der Waals surface area contributed by atoms with Crippen molar-refractivity contribution in [2.45, 2.75) is 0 Å². The number of nitrogens with zero attached hydrogens (tertiary/aromatic N) is 1. The molecule has 5 heteroatoms. The van der Waals surface area contributed by atoms with Gasteiger partial charge in [-0.1, -0.05) is 18.2 Å². The number of hydrogen-bond acceptors (Lipinski definition) is 3. The Hall–Kier alpha value is -1.62. The molecule has 1 heterocycles. The molecular weight excluding hydrogens is 250 g/mol. The van der Waals surface area contributed by atoms with Crippen molar-refractivity contribution in [2.75, 3.05) is 29.5 Å². The maximum atomic E-state index is 11.3. The van der Waals surface area contributed by atoms with Crippen LogP contribution in [-0.2, 0) is 15.6 Å². The molecule has 1 aliphatic rings. The average molecular weight is 265 g/mol. The number of rotatable bonds is 3. The summed E-state index contributed by atoms with van der Waals surface area (Å²) in [5.74, 6) is 0.401. The van der Waals surface area contributed by atoms with Crippen molar-refractivity contribution in [3.05, 3.63) is 35.9 Å². The largest absolute Gasteiger partial charge is 0.478 e. The van der Waals surface area contributed by atoms with Gasteiger partial charge >= 0.3 is 5.97 Å². The molecule has 0 aromatic heterocycles. The van der Waals surface area contributed by atoms with Crippen LogP contribution in [-0.4, -0.2) is 39.9 Å². The van der Waals surface area contributed by atoms with Crippen LogP contribution in [0.15, 0.2) is 30.3 Å².